The normalized spacial score (nSPS) is 14.9. The first-order valence-corrected chi connectivity index (χ1v) is 12.6. The number of nitrogens with two attached hydrogens (primary N) is 4. The number of thioether (sulfide) groups is 1. The Balaban J connectivity index is 5.44. The topological polar surface area (TPSA) is 278 Å². The molecular formula is C20H38N8O7S. The number of rotatable bonds is 18. The number of aliphatic hydroxyl groups is 1. The van der Waals surface area contributed by atoms with E-state index in [-0.39, 0.29) is 38.2 Å². The zero-order chi connectivity index (χ0) is 27.8. The molecule has 4 amide bonds. The van der Waals surface area contributed by atoms with Crippen LogP contribution in [0.1, 0.15) is 39.0 Å². The van der Waals surface area contributed by atoms with Gasteiger partial charge in [0, 0.05) is 13.0 Å². The van der Waals surface area contributed by atoms with Crippen molar-refractivity contribution >= 4 is 47.3 Å². The molecule has 0 aromatic heterocycles. The van der Waals surface area contributed by atoms with Crippen molar-refractivity contribution in [3.8, 4) is 0 Å². The monoisotopic (exact) mass is 534 g/mol. The number of nitrogens with zero attached hydrogens (tertiary/aromatic N) is 1. The van der Waals surface area contributed by atoms with E-state index in [0.717, 1.165) is 0 Å². The van der Waals surface area contributed by atoms with Gasteiger partial charge < -0.3 is 49.1 Å². The van der Waals surface area contributed by atoms with Crippen LogP contribution in [0.4, 0.5) is 0 Å². The van der Waals surface area contributed by atoms with Crippen LogP contribution in [-0.4, -0.2) is 94.6 Å². The summed E-state index contributed by atoms with van der Waals surface area (Å²) in [6, 6.07) is -5.10. The molecule has 5 unspecified atom stereocenters. The molecule has 0 aliphatic heterocycles. The lowest BCUT2D eigenvalue weighted by Crippen LogP contribution is -2.59. The first kappa shape index (κ1) is 32.9. The van der Waals surface area contributed by atoms with Crippen LogP contribution in [0.3, 0.4) is 0 Å². The maximum absolute atomic E-state index is 12.8. The van der Waals surface area contributed by atoms with Crippen LogP contribution in [-0.2, 0) is 24.0 Å². The minimum Gasteiger partial charge on any atom is -0.480 e. The Morgan fingerprint density at radius 2 is 1.53 bits per heavy atom. The molecule has 13 N–H and O–H groups in total. The number of primary amides is 1. The molecule has 0 fully saturated rings. The number of nitrogens with one attached hydrogen (secondary N) is 3. The van der Waals surface area contributed by atoms with Crippen molar-refractivity contribution in [2.45, 2.75) is 69.3 Å². The summed E-state index contributed by atoms with van der Waals surface area (Å²) in [7, 11) is 0. The maximum atomic E-state index is 12.8. The Bertz CT molecular complexity index is 792. The van der Waals surface area contributed by atoms with Gasteiger partial charge in [0.1, 0.15) is 18.1 Å². The Morgan fingerprint density at radius 1 is 0.917 bits per heavy atom. The van der Waals surface area contributed by atoms with Crippen LogP contribution < -0.4 is 38.9 Å². The van der Waals surface area contributed by atoms with Gasteiger partial charge in [-0.15, -0.1) is 0 Å². The highest BCUT2D eigenvalue weighted by Crippen LogP contribution is 2.05. The van der Waals surface area contributed by atoms with Gasteiger partial charge >= 0.3 is 5.97 Å². The average molecular weight is 535 g/mol. The van der Waals surface area contributed by atoms with E-state index in [4.69, 9.17) is 22.9 Å². The molecule has 0 aromatic rings. The van der Waals surface area contributed by atoms with E-state index in [2.05, 4.69) is 20.9 Å². The van der Waals surface area contributed by atoms with Crippen molar-refractivity contribution in [3.63, 3.8) is 0 Å². The van der Waals surface area contributed by atoms with Crippen LogP contribution in [0.25, 0.3) is 0 Å². The zero-order valence-corrected chi connectivity index (χ0v) is 21.3. The van der Waals surface area contributed by atoms with Crippen molar-refractivity contribution in [1.82, 2.24) is 16.0 Å². The van der Waals surface area contributed by atoms with Crippen LogP contribution in [0.2, 0.25) is 0 Å². The van der Waals surface area contributed by atoms with Crippen LogP contribution in [0.15, 0.2) is 4.99 Å². The second-order valence-corrected chi connectivity index (χ2v) is 9.01. The average Bonchev–Trinajstić information content (AvgIpc) is 2.79. The number of guanidine groups is 1. The predicted molar refractivity (Wildman–Crippen MR) is 134 cm³/mol. The highest BCUT2D eigenvalue weighted by molar-refractivity contribution is 7.98. The van der Waals surface area contributed by atoms with E-state index >= 15 is 0 Å². The molecule has 5 atom stereocenters. The summed E-state index contributed by atoms with van der Waals surface area (Å²) < 4.78 is 0. The van der Waals surface area contributed by atoms with Gasteiger partial charge in [-0.25, -0.2) is 4.79 Å². The molecular weight excluding hydrogens is 496 g/mol. The number of carboxylic acids is 1. The first-order valence-electron chi connectivity index (χ1n) is 11.2. The lowest BCUT2D eigenvalue weighted by molar-refractivity contribution is -0.142. The fourth-order valence-electron chi connectivity index (χ4n) is 2.89. The van der Waals surface area contributed by atoms with E-state index in [9.17, 15) is 34.2 Å². The molecule has 0 aliphatic carbocycles. The molecule has 36 heavy (non-hydrogen) atoms. The Kier molecular flexibility index (Phi) is 15.8. The molecule has 0 radical (unpaired) electrons. The Labute approximate surface area is 213 Å². The van der Waals surface area contributed by atoms with Gasteiger partial charge in [0.25, 0.3) is 0 Å². The molecule has 0 bridgehead atoms. The third-order valence-corrected chi connectivity index (χ3v) is 5.55. The second-order valence-electron chi connectivity index (χ2n) is 8.03. The molecule has 0 saturated carbocycles. The lowest BCUT2D eigenvalue weighted by atomic mass is 10.1. The third-order valence-electron chi connectivity index (χ3n) is 4.90. The molecule has 0 heterocycles. The van der Waals surface area contributed by atoms with E-state index < -0.39 is 59.9 Å². The Hall–Kier alpha value is -3.11. The fourth-order valence-corrected chi connectivity index (χ4v) is 3.38. The number of hydrogen-bond acceptors (Lipinski definition) is 9. The highest BCUT2D eigenvalue weighted by Gasteiger charge is 2.32. The molecule has 206 valence electrons. The van der Waals surface area contributed by atoms with Gasteiger partial charge in [-0.1, -0.05) is 0 Å². The van der Waals surface area contributed by atoms with Crippen molar-refractivity contribution in [2.75, 3.05) is 18.6 Å². The number of aliphatic carboxylic acids is 1. The number of aliphatic imine (C=N–C) groups is 1. The van der Waals surface area contributed by atoms with Crippen molar-refractivity contribution in [3.05, 3.63) is 0 Å². The molecule has 0 spiro atoms. The van der Waals surface area contributed by atoms with Crippen LogP contribution in [0.5, 0.6) is 0 Å². The molecule has 0 rings (SSSR count). The van der Waals surface area contributed by atoms with Gasteiger partial charge in [-0.05, 0) is 44.6 Å². The summed E-state index contributed by atoms with van der Waals surface area (Å²) in [6.45, 7) is 1.39. The van der Waals surface area contributed by atoms with Crippen LogP contribution >= 0.6 is 11.8 Å². The number of aliphatic hydroxyl groups excluding tert-OH is 1. The van der Waals surface area contributed by atoms with Gasteiger partial charge in [-0.2, -0.15) is 11.8 Å². The zero-order valence-electron chi connectivity index (χ0n) is 20.4. The SMILES string of the molecule is CSCCC(N)C(=O)NC(C(=O)NC(CCC(N)=O)C(=O)NC(CCCN=C(N)N)C(=O)O)C(C)O. The quantitative estimate of drug-likeness (QED) is 0.0468. The predicted octanol–water partition coefficient (Wildman–Crippen LogP) is -3.69. The number of amides is 4. The van der Waals surface area contributed by atoms with Crippen molar-refractivity contribution < 1.29 is 34.2 Å². The molecule has 0 saturated heterocycles. The summed E-state index contributed by atoms with van der Waals surface area (Å²) >= 11 is 1.48. The number of carboxylic acid groups (broad SMARTS) is 1. The largest absolute Gasteiger partial charge is 0.480 e. The van der Waals surface area contributed by atoms with Gasteiger partial charge in [-0.3, -0.25) is 24.2 Å². The smallest absolute Gasteiger partial charge is 0.326 e. The summed E-state index contributed by atoms with van der Waals surface area (Å²) in [4.78, 5) is 64.5. The van der Waals surface area contributed by atoms with E-state index in [1.165, 1.54) is 18.7 Å². The standard InChI is InChI=1S/C20H38N8O7S/c1-10(29)15(28-16(31)11(21)7-9-36-2)18(33)26-12(5-6-14(22)30)17(32)27-13(19(34)35)4-3-8-25-20(23)24/h10-13,15,29H,3-9,21H2,1-2H3,(H2,22,30)(H,26,33)(H,27,32)(H,28,31)(H,34,35)(H4,23,24,25). The fraction of sp³-hybridized carbons (Fsp3) is 0.700. The minimum atomic E-state index is -1.46. The van der Waals surface area contributed by atoms with Crippen LogP contribution in [0, 0.1) is 0 Å². The number of carbonyl (C=O) groups excluding carboxylic acids is 4. The van der Waals surface area contributed by atoms with Gasteiger partial charge in [0.15, 0.2) is 5.96 Å². The summed E-state index contributed by atoms with van der Waals surface area (Å²) in [6.07, 6.45) is 0.489. The lowest BCUT2D eigenvalue weighted by Gasteiger charge is -2.26. The maximum Gasteiger partial charge on any atom is 0.326 e. The Morgan fingerprint density at radius 3 is 2.03 bits per heavy atom. The minimum absolute atomic E-state index is 0.0192. The molecule has 0 aliphatic rings. The molecule has 0 aromatic carbocycles. The molecule has 16 heteroatoms. The summed E-state index contributed by atoms with van der Waals surface area (Å²) in [5, 5.41) is 26.5. The van der Waals surface area contributed by atoms with E-state index in [1.807, 2.05) is 6.26 Å². The summed E-state index contributed by atoms with van der Waals surface area (Å²) in [5.74, 6) is -4.15. The first-order chi connectivity index (χ1) is 16.8. The van der Waals surface area contributed by atoms with Crippen molar-refractivity contribution in [2.24, 2.45) is 27.9 Å². The highest BCUT2D eigenvalue weighted by atomic mass is 32.2. The number of hydrogen-bond donors (Lipinski definition) is 9. The van der Waals surface area contributed by atoms with Crippen molar-refractivity contribution in [1.29, 1.82) is 0 Å². The van der Waals surface area contributed by atoms with E-state index in [1.54, 1.807) is 0 Å². The third kappa shape index (κ3) is 13.7. The second kappa shape index (κ2) is 17.3. The number of carbonyl (C=O) groups is 5. The molecule has 15 nitrogen and oxygen atoms in total. The van der Waals surface area contributed by atoms with Gasteiger partial charge in [0.2, 0.25) is 23.6 Å². The van der Waals surface area contributed by atoms with E-state index in [0.29, 0.717) is 12.2 Å². The van der Waals surface area contributed by atoms with Gasteiger partial charge in [0.05, 0.1) is 12.1 Å². The summed E-state index contributed by atoms with van der Waals surface area (Å²) in [5.41, 5.74) is 21.4.